The third-order valence-electron chi connectivity index (χ3n) is 2.35. The minimum atomic E-state index is -0.382. The van der Waals surface area contributed by atoms with Gasteiger partial charge in [0.15, 0.2) is 0 Å². The summed E-state index contributed by atoms with van der Waals surface area (Å²) in [5, 5.41) is 11.4. The molecule has 0 spiro atoms. The first-order chi connectivity index (χ1) is 8.77. The zero-order valence-electron chi connectivity index (χ0n) is 10.3. The van der Waals surface area contributed by atoms with Crippen molar-refractivity contribution < 1.29 is 29.4 Å². The molecule has 2 rings (SSSR count). The van der Waals surface area contributed by atoms with E-state index in [4.69, 9.17) is 5.11 Å². The van der Waals surface area contributed by atoms with Gasteiger partial charge in [-0.3, -0.25) is 4.79 Å². The van der Waals surface area contributed by atoms with Crippen molar-refractivity contribution >= 4 is 12.1 Å². The van der Waals surface area contributed by atoms with Gasteiger partial charge in [-0.2, -0.15) is 5.10 Å². The van der Waals surface area contributed by atoms with Crippen LogP contribution in [0.4, 0.5) is 0 Å². The molecule has 0 aromatic heterocycles. The van der Waals surface area contributed by atoms with Crippen molar-refractivity contribution in [2.24, 2.45) is 5.10 Å². The fourth-order valence-corrected chi connectivity index (χ4v) is 1.45. The maximum absolute atomic E-state index is 11.7. The minimum Gasteiger partial charge on any atom is -0.593 e. The summed E-state index contributed by atoms with van der Waals surface area (Å²) in [7, 11) is 0. The molecular formula is C14H13N2O2Zn+3. The first-order valence-corrected chi connectivity index (χ1v) is 5.46. The Morgan fingerprint density at radius 2 is 1.68 bits per heavy atom. The van der Waals surface area contributed by atoms with Gasteiger partial charge in [0, 0.05) is 6.07 Å². The Balaban J connectivity index is 0.00000180. The topological polar surface area (TPSA) is 64.4 Å². The molecule has 0 aliphatic carbocycles. The van der Waals surface area contributed by atoms with Crippen molar-refractivity contribution in [2.45, 2.75) is 0 Å². The molecule has 0 saturated carbocycles. The van der Waals surface area contributed by atoms with Gasteiger partial charge in [0.25, 0.3) is 11.7 Å². The fraction of sp³-hybridized carbons (Fsp3) is 0. The molecule has 2 aromatic carbocycles. The molecule has 0 atom stereocenters. The second kappa shape index (κ2) is 7.44. The smallest absolute Gasteiger partial charge is 0.593 e. The third kappa shape index (κ3) is 4.30. The predicted octanol–water partition coefficient (Wildman–Crippen LogP) is 1.89. The van der Waals surface area contributed by atoms with Gasteiger partial charge >= 0.3 is 19.5 Å². The number of rotatable bonds is 3. The second-order valence-electron chi connectivity index (χ2n) is 3.66. The molecule has 90 valence electrons. The van der Waals surface area contributed by atoms with E-state index >= 15 is 0 Å². The summed E-state index contributed by atoms with van der Waals surface area (Å²) in [6.45, 7) is 0. The van der Waals surface area contributed by atoms with Crippen molar-refractivity contribution in [3.05, 3.63) is 65.7 Å². The third-order valence-corrected chi connectivity index (χ3v) is 2.35. The van der Waals surface area contributed by atoms with Gasteiger partial charge in [-0.25, -0.2) is 5.43 Å². The molecule has 5 heteroatoms. The Kier molecular flexibility index (Phi) is 5.90. The first kappa shape index (κ1) is 15.1. The van der Waals surface area contributed by atoms with E-state index in [1.54, 1.807) is 30.5 Å². The number of hydrogen-bond donors (Lipinski definition) is 1. The quantitative estimate of drug-likeness (QED) is 0.400. The SMILES string of the molecule is O=C(NN=Cc1ccccc1)c1ccccc1[OH2+].[Zn+2]. The molecule has 0 radical (unpaired) electrons. The van der Waals surface area contributed by atoms with E-state index in [0.717, 1.165) is 5.56 Å². The van der Waals surface area contributed by atoms with Crippen molar-refractivity contribution in [2.75, 3.05) is 0 Å². The Morgan fingerprint density at radius 3 is 2.37 bits per heavy atom. The van der Waals surface area contributed by atoms with E-state index in [9.17, 15) is 4.79 Å². The van der Waals surface area contributed by atoms with E-state index in [1.807, 2.05) is 30.3 Å². The van der Waals surface area contributed by atoms with Crippen molar-refractivity contribution in [3.8, 4) is 5.75 Å². The van der Waals surface area contributed by atoms with Crippen molar-refractivity contribution in [3.63, 3.8) is 0 Å². The van der Waals surface area contributed by atoms with E-state index in [0.29, 0.717) is 5.56 Å². The molecule has 19 heavy (non-hydrogen) atoms. The Hall–Kier alpha value is -2.00. The van der Waals surface area contributed by atoms with Crippen molar-refractivity contribution in [1.82, 2.24) is 5.43 Å². The van der Waals surface area contributed by atoms with Crippen LogP contribution in [0, 0.1) is 0 Å². The van der Waals surface area contributed by atoms with Gasteiger partial charge in [-0.1, -0.05) is 42.5 Å². The average molecular weight is 307 g/mol. The summed E-state index contributed by atoms with van der Waals surface area (Å²) in [6.07, 6.45) is 1.56. The Morgan fingerprint density at radius 1 is 1.05 bits per heavy atom. The average Bonchev–Trinajstić information content (AvgIpc) is 2.40. The molecule has 0 heterocycles. The summed E-state index contributed by atoms with van der Waals surface area (Å²) < 4.78 is 0. The van der Waals surface area contributed by atoms with E-state index in [2.05, 4.69) is 10.5 Å². The maximum Gasteiger partial charge on any atom is 2.00 e. The number of para-hydroxylation sites is 1. The summed E-state index contributed by atoms with van der Waals surface area (Å²) in [5.41, 5.74) is 3.61. The van der Waals surface area contributed by atoms with Crippen LogP contribution < -0.4 is 5.43 Å². The van der Waals surface area contributed by atoms with Crippen LogP contribution in [0.1, 0.15) is 15.9 Å². The normalized spacial score (nSPS) is 9.89. The van der Waals surface area contributed by atoms with Gasteiger partial charge < -0.3 is 5.11 Å². The van der Waals surface area contributed by atoms with Gasteiger partial charge in [0.2, 0.25) is 0 Å². The molecule has 0 bridgehead atoms. The van der Waals surface area contributed by atoms with Gasteiger partial charge in [-0.15, -0.1) is 0 Å². The monoisotopic (exact) mass is 305 g/mol. The minimum absolute atomic E-state index is 0. The largest absolute Gasteiger partial charge is 2.00 e. The van der Waals surface area contributed by atoms with Gasteiger partial charge in [-0.05, 0) is 11.6 Å². The zero-order chi connectivity index (χ0) is 12.8. The van der Waals surface area contributed by atoms with Crippen LogP contribution in [0.3, 0.4) is 0 Å². The molecule has 0 aliphatic rings. The zero-order valence-corrected chi connectivity index (χ0v) is 13.3. The van der Waals surface area contributed by atoms with Crippen LogP contribution in [0.25, 0.3) is 0 Å². The first-order valence-electron chi connectivity index (χ1n) is 5.46. The number of hydrazone groups is 1. The van der Waals surface area contributed by atoms with Gasteiger partial charge in [0.1, 0.15) is 5.56 Å². The fourth-order valence-electron chi connectivity index (χ4n) is 1.45. The van der Waals surface area contributed by atoms with Crippen LogP contribution >= 0.6 is 0 Å². The molecule has 1 amide bonds. The predicted molar refractivity (Wildman–Crippen MR) is 71.0 cm³/mol. The standard InChI is InChI=1S/C14H12N2O2.Zn/c17-13-9-5-4-8-12(13)14(18)16-15-10-11-6-2-1-3-7-11;/h1-10,17H,(H,16,18);/q;+2/p+1. The van der Waals surface area contributed by atoms with Crippen LogP contribution in [0.15, 0.2) is 59.7 Å². The Labute approximate surface area is 123 Å². The van der Waals surface area contributed by atoms with E-state index < -0.39 is 0 Å². The molecule has 0 saturated heterocycles. The molecular weight excluding hydrogens is 294 g/mol. The molecule has 4 nitrogen and oxygen atoms in total. The van der Waals surface area contributed by atoms with Crippen molar-refractivity contribution in [1.29, 1.82) is 0 Å². The summed E-state index contributed by atoms with van der Waals surface area (Å²) in [5.74, 6) is -0.197. The van der Waals surface area contributed by atoms with E-state index in [-0.39, 0.29) is 31.1 Å². The number of carbonyl (C=O) groups is 1. The number of nitrogens with zero attached hydrogens (tertiary/aromatic N) is 1. The summed E-state index contributed by atoms with van der Waals surface area (Å²) in [6, 6.07) is 16.0. The summed E-state index contributed by atoms with van der Waals surface area (Å²) in [4.78, 5) is 11.7. The number of hydrogen-bond acceptors (Lipinski definition) is 2. The number of amides is 1. The van der Waals surface area contributed by atoms with Crippen LogP contribution in [0.5, 0.6) is 5.75 Å². The second-order valence-corrected chi connectivity index (χ2v) is 3.66. The number of carbonyl (C=O) groups excluding carboxylic acids is 1. The number of nitrogens with one attached hydrogen (secondary N) is 1. The van der Waals surface area contributed by atoms with Crippen LogP contribution in [-0.4, -0.2) is 17.2 Å². The van der Waals surface area contributed by atoms with Gasteiger partial charge in [0.05, 0.1) is 6.21 Å². The van der Waals surface area contributed by atoms with Crippen LogP contribution in [-0.2, 0) is 19.5 Å². The van der Waals surface area contributed by atoms with Crippen LogP contribution in [0.2, 0.25) is 0 Å². The maximum atomic E-state index is 11.7. The number of benzene rings is 2. The Bertz CT molecular complexity index is 571. The molecule has 3 N–H and O–H groups in total. The molecule has 0 unspecified atom stereocenters. The van der Waals surface area contributed by atoms with E-state index in [1.165, 1.54) is 0 Å². The summed E-state index contributed by atoms with van der Waals surface area (Å²) >= 11 is 0. The molecule has 0 aliphatic heterocycles. The molecule has 2 aromatic rings. The molecule has 0 fully saturated rings.